The van der Waals surface area contributed by atoms with Crippen molar-refractivity contribution in [1.29, 1.82) is 0 Å². The average molecular weight is 406 g/mol. The van der Waals surface area contributed by atoms with Crippen molar-refractivity contribution in [2.45, 2.75) is 12.8 Å². The van der Waals surface area contributed by atoms with Gasteiger partial charge in [-0.2, -0.15) is 0 Å². The maximum atomic E-state index is 11.9. The van der Waals surface area contributed by atoms with E-state index in [9.17, 15) is 14.4 Å². The van der Waals surface area contributed by atoms with Crippen molar-refractivity contribution in [3.05, 3.63) is 58.6 Å². The zero-order valence-electron chi connectivity index (χ0n) is 13.2. The molecule has 1 amide bonds. The Hall–Kier alpha value is -2.67. The summed E-state index contributed by atoms with van der Waals surface area (Å²) in [6, 6.07) is 12.7. The molecule has 25 heavy (non-hydrogen) atoms. The molecule has 0 fully saturated rings. The zero-order chi connectivity index (χ0) is 18.2. The minimum atomic E-state index is -0.619. The maximum Gasteiger partial charge on any atom is 0.306 e. The number of amides is 1. The molecule has 0 unspecified atom stereocenters. The summed E-state index contributed by atoms with van der Waals surface area (Å²) >= 11 is 3.27. The number of aromatic hydroxyl groups is 1. The summed E-state index contributed by atoms with van der Waals surface area (Å²) in [5, 5.41) is 11.8. The van der Waals surface area contributed by atoms with Crippen LogP contribution in [0.3, 0.4) is 0 Å². The third-order valence-electron chi connectivity index (χ3n) is 3.24. The number of ether oxygens (including phenoxy) is 1. The highest BCUT2D eigenvalue weighted by molar-refractivity contribution is 9.10. The fourth-order valence-electron chi connectivity index (χ4n) is 1.92. The fraction of sp³-hybridized carbons (Fsp3) is 0.167. The van der Waals surface area contributed by atoms with E-state index in [0.29, 0.717) is 11.3 Å². The Morgan fingerprint density at radius 2 is 1.60 bits per heavy atom. The van der Waals surface area contributed by atoms with Gasteiger partial charge in [-0.25, -0.2) is 0 Å². The van der Waals surface area contributed by atoms with Crippen LogP contribution in [0.25, 0.3) is 0 Å². The molecule has 2 aromatic carbocycles. The van der Waals surface area contributed by atoms with Crippen LogP contribution in [-0.2, 0) is 14.3 Å². The Morgan fingerprint density at radius 1 is 0.960 bits per heavy atom. The van der Waals surface area contributed by atoms with Gasteiger partial charge in [-0.3, -0.25) is 14.4 Å². The second-order valence-electron chi connectivity index (χ2n) is 5.19. The number of esters is 1. The van der Waals surface area contributed by atoms with Gasteiger partial charge in [0.1, 0.15) is 5.75 Å². The molecule has 0 aromatic heterocycles. The number of carbonyl (C=O) groups excluding carboxylic acids is 3. The smallest absolute Gasteiger partial charge is 0.306 e. The van der Waals surface area contributed by atoms with Crippen molar-refractivity contribution in [2.75, 3.05) is 11.9 Å². The van der Waals surface area contributed by atoms with Crippen molar-refractivity contribution >= 4 is 39.3 Å². The fourth-order valence-corrected chi connectivity index (χ4v) is 2.19. The molecule has 6 nitrogen and oxygen atoms in total. The summed E-state index contributed by atoms with van der Waals surface area (Å²) in [6.45, 7) is -0.361. The molecule has 0 aliphatic carbocycles. The first-order valence-electron chi connectivity index (χ1n) is 7.47. The number of benzene rings is 2. The van der Waals surface area contributed by atoms with Crippen LogP contribution in [0.1, 0.15) is 23.2 Å². The maximum absolute atomic E-state index is 11.9. The van der Waals surface area contributed by atoms with Crippen LogP contribution in [0.5, 0.6) is 5.75 Å². The van der Waals surface area contributed by atoms with Gasteiger partial charge in [0.15, 0.2) is 12.4 Å². The number of hydrogen-bond donors (Lipinski definition) is 2. The van der Waals surface area contributed by atoms with E-state index < -0.39 is 5.97 Å². The molecule has 0 saturated heterocycles. The molecule has 0 bridgehead atoms. The summed E-state index contributed by atoms with van der Waals surface area (Å²) in [7, 11) is 0. The number of anilines is 1. The van der Waals surface area contributed by atoms with Crippen LogP contribution in [0, 0.1) is 0 Å². The number of carbonyl (C=O) groups is 3. The third-order valence-corrected chi connectivity index (χ3v) is 3.77. The molecule has 0 heterocycles. The molecular weight excluding hydrogens is 390 g/mol. The van der Waals surface area contributed by atoms with Crippen molar-refractivity contribution < 1.29 is 24.2 Å². The minimum absolute atomic E-state index is 0.0633. The van der Waals surface area contributed by atoms with Gasteiger partial charge in [0.05, 0.1) is 6.42 Å². The Bertz CT molecular complexity index is 756. The van der Waals surface area contributed by atoms with Gasteiger partial charge in [0, 0.05) is 22.1 Å². The van der Waals surface area contributed by atoms with Gasteiger partial charge in [-0.15, -0.1) is 0 Å². The molecule has 130 valence electrons. The number of halogens is 1. The largest absolute Gasteiger partial charge is 0.508 e. The second kappa shape index (κ2) is 8.98. The third kappa shape index (κ3) is 6.39. The lowest BCUT2D eigenvalue weighted by Crippen LogP contribution is -2.17. The van der Waals surface area contributed by atoms with E-state index in [4.69, 9.17) is 9.84 Å². The van der Waals surface area contributed by atoms with E-state index in [1.54, 1.807) is 36.4 Å². The normalized spacial score (nSPS) is 10.1. The average Bonchev–Trinajstić information content (AvgIpc) is 2.60. The number of ketones is 1. The molecule has 2 N–H and O–H groups in total. The Morgan fingerprint density at radius 3 is 2.24 bits per heavy atom. The summed E-state index contributed by atoms with van der Waals surface area (Å²) in [4.78, 5) is 35.3. The minimum Gasteiger partial charge on any atom is -0.508 e. The van der Waals surface area contributed by atoms with Crippen molar-refractivity contribution in [2.24, 2.45) is 0 Å². The molecule has 2 aromatic rings. The summed E-state index contributed by atoms with van der Waals surface area (Å²) < 4.78 is 5.74. The number of phenols is 1. The van der Waals surface area contributed by atoms with Crippen LogP contribution in [-0.4, -0.2) is 29.4 Å². The van der Waals surface area contributed by atoms with E-state index in [2.05, 4.69) is 21.2 Å². The van der Waals surface area contributed by atoms with Crippen LogP contribution in [0.15, 0.2) is 53.0 Å². The Kier molecular flexibility index (Phi) is 6.71. The van der Waals surface area contributed by atoms with E-state index in [0.717, 1.165) is 4.47 Å². The standard InChI is InChI=1S/C18H16BrNO5/c19-13-3-1-12(2-4-13)16(22)11-25-18(24)10-9-17(23)20-14-5-7-15(21)8-6-14/h1-8,21H,9-11H2,(H,20,23). The summed E-state index contributed by atoms with van der Waals surface area (Å²) in [6.07, 6.45) is -0.191. The van der Waals surface area contributed by atoms with Gasteiger partial charge in [-0.1, -0.05) is 28.1 Å². The van der Waals surface area contributed by atoms with Crippen molar-refractivity contribution in [3.8, 4) is 5.75 Å². The van der Waals surface area contributed by atoms with Crippen molar-refractivity contribution in [1.82, 2.24) is 0 Å². The first-order valence-corrected chi connectivity index (χ1v) is 8.26. The quantitative estimate of drug-likeness (QED) is 0.418. The highest BCUT2D eigenvalue weighted by Gasteiger charge is 2.12. The predicted octanol–water partition coefficient (Wildman–Crippen LogP) is 3.30. The molecule has 7 heteroatoms. The van der Waals surface area contributed by atoms with E-state index in [1.165, 1.54) is 12.1 Å². The molecular formula is C18H16BrNO5. The topological polar surface area (TPSA) is 92.7 Å². The summed E-state index contributed by atoms with van der Waals surface area (Å²) in [5.41, 5.74) is 0.961. The van der Waals surface area contributed by atoms with Gasteiger partial charge in [0.2, 0.25) is 5.91 Å². The molecule has 0 radical (unpaired) electrons. The zero-order valence-corrected chi connectivity index (χ0v) is 14.8. The van der Waals surface area contributed by atoms with E-state index >= 15 is 0 Å². The first kappa shape index (κ1) is 18.7. The monoisotopic (exact) mass is 405 g/mol. The molecule has 0 aliphatic rings. The lowest BCUT2D eigenvalue weighted by molar-refractivity contribution is -0.143. The molecule has 0 aliphatic heterocycles. The molecule has 0 saturated carbocycles. The number of rotatable bonds is 7. The van der Waals surface area contributed by atoms with Crippen LogP contribution in [0.4, 0.5) is 5.69 Å². The lowest BCUT2D eigenvalue weighted by atomic mass is 10.1. The second-order valence-corrected chi connectivity index (χ2v) is 6.10. The van der Waals surface area contributed by atoms with Gasteiger partial charge >= 0.3 is 5.97 Å². The van der Waals surface area contributed by atoms with E-state index in [1.807, 2.05) is 0 Å². The SMILES string of the molecule is O=C(CCC(=O)OCC(=O)c1ccc(Br)cc1)Nc1ccc(O)cc1. The Balaban J connectivity index is 1.71. The van der Waals surface area contributed by atoms with Crippen molar-refractivity contribution in [3.63, 3.8) is 0 Å². The number of phenolic OH excluding ortho intramolecular Hbond substituents is 1. The predicted molar refractivity (Wildman–Crippen MR) is 95.4 cm³/mol. The summed E-state index contributed by atoms with van der Waals surface area (Å²) in [5.74, 6) is -1.19. The van der Waals surface area contributed by atoms with Gasteiger partial charge in [0.25, 0.3) is 0 Å². The number of nitrogens with one attached hydrogen (secondary N) is 1. The van der Waals surface area contributed by atoms with Crippen LogP contribution >= 0.6 is 15.9 Å². The first-order chi connectivity index (χ1) is 11.9. The highest BCUT2D eigenvalue weighted by atomic mass is 79.9. The van der Waals surface area contributed by atoms with Crippen LogP contribution < -0.4 is 5.32 Å². The Labute approximate surface area is 152 Å². The highest BCUT2D eigenvalue weighted by Crippen LogP contribution is 2.14. The number of hydrogen-bond acceptors (Lipinski definition) is 5. The molecule has 0 spiro atoms. The van der Waals surface area contributed by atoms with Gasteiger partial charge in [-0.05, 0) is 36.4 Å². The van der Waals surface area contributed by atoms with Gasteiger partial charge < -0.3 is 15.2 Å². The number of Topliss-reactive ketones (excluding diaryl/α,β-unsaturated/α-hetero) is 1. The molecule has 2 rings (SSSR count). The van der Waals surface area contributed by atoms with Crippen LogP contribution in [0.2, 0.25) is 0 Å². The molecule has 0 atom stereocenters. The van der Waals surface area contributed by atoms with E-state index in [-0.39, 0.29) is 36.9 Å². The lowest BCUT2D eigenvalue weighted by Gasteiger charge is -2.06.